The van der Waals surface area contributed by atoms with E-state index in [2.05, 4.69) is 5.32 Å². The van der Waals surface area contributed by atoms with Crippen molar-refractivity contribution in [3.63, 3.8) is 0 Å². The third-order valence-electron chi connectivity index (χ3n) is 6.23. The molecule has 6 nitrogen and oxygen atoms in total. The molecule has 4 heterocycles. The van der Waals surface area contributed by atoms with Crippen molar-refractivity contribution in [3.05, 3.63) is 24.2 Å². The molecule has 26 heavy (non-hydrogen) atoms. The van der Waals surface area contributed by atoms with Crippen molar-refractivity contribution in [3.8, 4) is 0 Å². The zero-order valence-electron chi connectivity index (χ0n) is 15.4. The first-order valence-corrected chi connectivity index (χ1v) is 10.0. The van der Waals surface area contributed by atoms with E-state index in [4.69, 9.17) is 4.42 Å². The van der Waals surface area contributed by atoms with Crippen LogP contribution in [0.5, 0.6) is 0 Å². The molecule has 1 N–H and O–H groups in total. The molecule has 0 aromatic carbocycles. The summed E-state index contributed by atoms with van der Waals surface area (Å²) in [6.07, 6.45) is 9.19. The molecule has 2 bridgehead atoms. The molecule has 1 aromatic heterocycles. The number of likely N-dealkylation sites (tertiary alicyclic amines) is 2. The van der Waals surface area contributed by atoms with Crippen LogP contribution in [0, 0.1) is 11.8 Å². The average Bonchev–Trinajstić information content (AvgIpc) is 3.36. The number of fused-ring (bicyclic) bond motifs is 2. The van der Waals surface area contributed by atoms with Crippen LogP contribution in [0.15, 0.2) is 23.0 Å². The van der Waals surface area contributed by atoms with Crippen molar-refractivity contribution in [1.29, 1.82) is 0 Å². The summed E-state index contributed by atoms with van der Waals surface area (Å²) < 4.78 is 5.06. The fourth-order valence-corrected chi connectivity index (χ4v) is 4.84. The minimum atomic E-state index is 0.0818. The van der Waals surface area contributed by atoms with Gasteiger partial charge >= 0.3 is 0 Å². The summed E-state index contributed by atoms with van der Waals surface area (Å²) in [6.45, 7) is 4.48. The van der Waals surface area contributed by atoms with Crippen LogP contribution in [-0.2, 0) is 4.79 Å². The Morgan fingerprint density at radius 3 is 2.81 bits per heavy atom. The summed E-state index contributed by atoms with van der Waals surface area (Å²) in [6, 6.07) is 2.16. The van der Waals surface area contributed by atoms with Gasteiger partial charge in [0.15, 0.2) is 0 Å². The highest BCUT2D eigenvalue weighted by Gasteiger charge is 2.38. The fourth-order valence-electron chi connectivity index (χ4n) is 4.84. The lowest BCUT2D eigenvalue weighted by Crippen LogP contribution is -2.57. The van der Waals surface area contributed by atoms with Crippen LogP contribution in [0.1, 0.15) is 48.9 Å². The lowest BCUT2D eigenvalue weighted by molar-refractivity contribution is -0.130. The molecular formula is C20H29N3O3. The SMILES string of the molecule is O=C(CCCC1NCC2CC1CN(C(=O)c1ccoc1)C2)N1CCCC1. The van der Waals surface area contributed by atoms with Gasteiger partial charge in [-0.25, -0.2) is 0 Å². The van der Waals surface area contributed by atoms with E-state index in [1.807, 2.05) is 9.80 Å². The maximum Gasteiger partial charge on any atom is 0.257 e. The van der Waals surface area contributed by atoms with Gasteiger partial charge in [-0.15, -0.1) is 0 Å². The molecule has 3 atom stereocenters. The smallest absolute Gasteiger partial charge is 0.257 e. The standard InChI is InChI=1S/C20H29N3O3/c24-19(22-7-1-2-8-22)5-3-4-18-17-10-15(11-21-18)12-23(13-17)20(25)16-6-9-26-14-16/h6,9,14-15,17-18,21H,1-5,7-8,10-13H2. The summed E-state index contributed by atoms with van der Waals surface area (Å²) in [7, 11) is 0. The molecule has 0 aliphatic carbocycles. The second kappa shape index (κ2) is 7.82. The molecule has 3 saturated heterocycles. The lowest BCUT2D eigenvalue weighted by atomic mass is 9.79. The number of hydrogen-bond acceptors (Lipinski definition) is 4. The van der Waals surface area contributed by atoms with Gasteiger partial charge in [-0.05, 0) is 56.6 Å². The number of carbonyl (C=O) groups is 2. The van der Waals surface area contributed by atoms with Crippen LogP contribution < -0.4 is 5.32 Å². The van der Waals surface area contributed by atoms with E-state index in [0.717, 1.165) is 58.4 Å². The molecule has 3 fully saturated rings. The Hall–Kier alpha value is -1.82. The normalized spacial score (nSPS) is 28.4. The first-order valence-electron chi connectivity index (χ1n) is 10.0. The summed E-state index contributed by atoms with van der Waals surface area (Å²) >= 11 is 0. The maximum atomic E-state index is 12.6. The van der Waals surface area contributed by atoms with Crippen molar-refractivity contribution in [1.82, 2.24) is 15.1 Å². The largest absolute Gasteiger partial charge is 0.472 e. The highest BCUT2D eigenvalue weighted by atomic mass is 16.3. The number of piperidine rings is 2. The van der Waals surface area contributed by atoms with Crippen molar-refractivity contribution in [2.24, 2.45) is 11.8 Å². The number of nitrogens with one attached hydrogen (secondary N) is 1. The van der Waals surface area contributed by atoms with Gasteiger partial charge in [-0.1, -0.05) is 0 Å². The third-order valence-corrected chi connectivity index (χ3v) is 6.23. The molecule has 1 aromatic rings. The van der Waals surface area contributed by atoms with Crippen molar-refractivity contribution in [2.45, 2.75) is 44.6 Å². The zero-order chi connectivity index (χ0) is 17.9. The number of nitrogens with zero attached hydrogens (tertiary/aromatic N) is 2. The molecular weight excluding hydrogens is 330 g/mol. The Kier molecular flexibility index (Phi) is 5.29. The summed E-state index contributed by atoms with van der Waals surface area (Å²) in [5.74, 6) is 1.42. The monoisotopic (exact) mass is 359 g/mol. The first-order chi connectivity index (χ1) is 12.7. The number of amides is 2. The minimum Gasteiger partial charge on any atom is -0.472 e. The summed E-state index contributed by atoms with van der Waals surface area (Å²) in [4.78, 5) is 28.9. The van der Waals surface area contributed by atoms with E-state index in [0.29, 0.717) is 35.8 Å². The number of rotatable bonds is 5. The van der Waals surface area contributed by atoms with E-state index >= 15 is 0 Å². The second-order valence-electron chi connectivity index (χ2n) is 8.08. The maximum absolute atomic E-state index is 12.6. The summed E-state index contributed by atoms with van der Waals surface area (Å²) in [5.41, 5.74) is 0.644. The van der Waals surface area contributed by atoms with Crippen molar-refractivity contribution in [2.75, 3.05) is 32.7 Å². The van der Waals surface area contributed by atoms with Gasteiger partial charge in [0.25, 0.3) is 5.91 Å². The predicted octanol–water partition coefficient (Wildman–Crippen LogP) is 2.12. The number of carbonyl (C=O) groups excluding carboxylic acids is 2. The summed E-state index contributed by atoms with van der Waals surface area (Å²) in [5, 5.41) is 3.68. The van der Waals surface area contributed by atoms with Gasteiger partial charge in [-0.2, -0.15) is 0 Å². The highest BCUT2D eigenvalue weighted by molar-refractivity contribution is 5.93. The number of hydrogen-bond donors (Lipinski definition) is 1. The molecule has 3 aliphatic heterocycles. The molecule has 0 saturated carbocycles. The van der Waals surface area contributed by atoms with Crippen LogP contribution >= 0.6 is 0 Å². The Morgan fingerprint density at radius 2 is 2.04 bits per heavy atom. The second-order valence-corrected chi connectivity index (χ2v) is 8.08. The molecule has 0 spiro atoms. The third kappa shape index (κ3) is 3.80. The Morgan fingerprint density at radius 1 is 1.19 bits per heavy atom. The molecule has 6 heteroatoms. The molecule has 3 aliphatic rings. The van der Waals surface area contributed by atoms with Crippen molar-refractivity contribution < 1.29 is 14.0 Å². The van der Waals surface area contributed by atoms with Crippen molar-refractivity contribution >= 4 is 11.8 Å². The average molecular weight is 359 g/mol. The minimum absolute atomic E-state index is 0.0818. The fraction of sp³-hybridized carbons (Fsp3) is 0.700. The van der Waals surface area contributed by atoms with Crippen LogP contribution in [0.4, 0.5) is 0 Å². The lowest BCUT2D eigenvalue weighted by Gasteiger charge is -2.46. The topological polar surface area (TPSA) is 65.8 Å². The Labute approximate surface area is 154 Å². The molecule has 142 valence electrons. The van der Waals surface area contributed by atoms with E-state index in [9.17, 15) is 9.59 Å². The highest BCUT2D eigenvalue weighted by Crippen LogP contribution is 2.31. The van der Waals surface area contributed by atoms with Gasteiger partial charge in [0.2, 0.25) is 5.91 Å². The van der Waals surface area contributed by atoms with Gasteiger partial charge in [0.05, 0.1) is 11.8 Å². The quantitative estimate of drug-likeness (QED) is 0.875. The Balaban J connectivity index is 1.28. The molecule has 4 rings (SSSR count). The van der Waals surface area contributed by atoms with E-state index < -0.39 is 0 Å². The van der Waals surface area contributed by atoms with E-state index in [1.54, 1.807) is 12.3 Å². The van der Waals surface area contributed by atoms with E-state index in [-0.39, 0.29) is 5.91 Å². The van der Waals surface area contributed by atoms with Crippen LogP contribution in [0.2, 0.25) is 0 Å². The van der Waals surface area contributed by atoms with Crippen LogP contribution in [0.25, 0.3) is 0 Å². The predicted molar refractivity (Wildman–Crippen MR) is 97.7 cm³/mol. The zero-order valence-corrected chi connectivity index (χ0v) is 15.4. The van der Waals surface area contributed by atoms with Crippen LogP contribution in [0.3, 0.4) is 0 Å². The Bertz CT molecular complexity index is 624. The molecule has 0 radical (unpaired) electrons. The molecule has 3 unspecified atom stereocenters. The first kappa shape index (κ1) is 17.6. The van der Waals surface area contributed by atoms with Gasteiger partial charge in [0, 0.05) is 38.6 Å². The van der Waals surface area contributed by atoms with Gasteiger partial charge < -0.3 is 19.5 Å². The van der Waals surface area contributed by atoms with Crippen LogP contribution in [-0.4, -0.2) is 60.4 Å². The van der Waals surface area contributed by atoms with E-state index in [1.165, 1.54) is 12.7 Å². The molecule has 2 amide bonds. The van der Waals surface area contributed by atoms with Gasteiger partial charge in [0.1, 0.15) is 6.26 Å². The van der Waals surface area contributed by atoms with Gasteiger partial charge in [-0.3, -0.25) is 9.59 Å². The number of furan rings is 1.